The number of carbonyl (C=O) groups excluding carboxylic acids is 2. The van der Waals surface area contributed by atoms with Crippen molar-refractivity contribution >= 4 is 21.7 Å². The summed E-state index contributed by atoms with van der Waals surface area (Å²) in [5, 5.41) is 0. The van der Waals surface area contributed by atoms with Crippen LogP contribution in [-0.2, 0) is 14.8 Å². The zero-order valence-electron chi connectivity index (χ0n) is 15.3. The lowest BCUT2D eigenvalue weighted by Gasteiger charge is -2.37. The minimum atomic E-state index is -3.61. The van der Waals surface area contributed by atoms with E-state index >= 15 is 0 Å². The highest BCUT2D eigenvalue weighted by molar-refractivity contribution is 7.89. The second-order valence-corrected chi connectivity index (χ2v) is 8.95. The Bertz CT molecular complexity index is 746. The van der Waals surface area contributed by atoms with E-state index in [-0.39, 0.29) is 29.7 Å². The van der Waals surface area contributed by atoms with E-state index in [2.05, 4.69) is 0 Å². The van der Waals surface area contributed by atoms with Crippen molar-refractivity contribution < 1.29 is 18.0 Å². The lowest BCUT2D eigenvalue weighted by atomic mass is 9.88. The standard InChI is InChI=1S/C18H26N2O4S/c1-5-18(3,4)17(22)19-10-12-20(13-11-19)25(23,24)16-8-6-15(7-9-16)14(2)21/h6-9H,5,10-13H2,1-4H3. The summed E-state index contributed by atoms with van der Waals surface area (Å²) in [6.45, 7) is 8.59. The maximum atomic E-state index is 12.7. The molecule has 0 aromatic heterocycles. The lowest BCUT2D eigenvalue weighted by molar-refractivity contribution is -0.141. The molecular weight excluding hydrogens is 340 g/mol. The monoisotopic (exact) mass is 366 g/mol. The summed E-state index contributed by atoms with van der Waals surface area (Å²) in [4.78, 5) is 25.7. The quantitative estimate of drug-likeness (QED) is 0.749. The molecule has 0 N–H and O–H groups in total. The molecule has 0 saturated carbocycles. The third-order valence-corrected chi connectivity index (χ3v) is 6.80. The molecule has 1 saturated heterocycles. The van der Waals surface area contributed by atoms with Crippen LogP contribution in [0.25, 0.3) is 0 Å². The van der Waals surface area contributed by atoms with E-state index in [1.807, 2.05) is 20.8 Å². The fourth-order valence-corrected chi connectivity index (χ4v) is 4.14. The molecule has 0 bridgehead atoms. The fraction of sp³-hybridized carbons (Fsp3) is 0.556. The Morgan fingerprint density at radius 1 is 1.04 bits per heavy atom. The topological polar surface area (TPSA) is 74.8 Å². The van der Waals surface area contributed by atoms with Crippen LogP contribution < -0.4 is 0 Å². The normalized spacial score (nSPS) is 16.7. The van der Waals surface area contributed by atoms with Crippen LogP contribution in [0.15, 0.2) is 29.2 Å². The van der Waals surface area contributed by atoms with Gasteiger partial charge in [0, 0.05) is 37.2 Å². The number of amides is 1. The highest BCUT2D eigenvalue weighted by Crippen LogP contribution is 2.25. The van der Waals surface area contributed by atoms with Gasteiger partial charge in [0.25, 0.3) is 0 Å². The number of hydrogen-bond acceptors (Lipinski definition) is 4. The van der Waals surface area contributed by atoms with Gasteiger partial charge >= 0.3 is 0 Å². The van der Waals surface area contributed by atoms with Gasteiger partial charge in [-0.05, 0) is 25.5 Å². The first-order valence-corrected chi connectivity index (χ1v) is 9.94. The summed E-state index contributed by atoms with van der Waals surface area (Å²) < 4.78 is 26.9. The van der Waals surface area contributed by atoms with Gasteiger partial charge < -0.3 is 4.90 Å². The van der Waals surface area contributed by atoms with Gasteiger partial charge in [-0.1, -0.05) is 32.9 Å². The van der Waals surface area contributed by atoms with Crippen LogP contribution in [0, 0.1) is 5.41 Å². The molecule has 1 aromatic carbocycles. The smallest absolute Gasteiger partial charge is 0.243 e. The Morgan fingerprint density at radius 2 is 1.56 bits per heavy atom. The van der Waals surface area contributed by atoms with Crippen LogP contribution in [0.1, 0.15) is 44.5 Å². The highest BCUT2D eigenvalue weighted by Gasteiger charge is 2.35. The van der Waals surface area contributed by atoms with E-state index in [4.69, 9.17) is 0 Å². The van der Waals surface area contributed by atoms with E-state index in [0.717, 1.165) is 6.42 Å². The second kappa shape index (κ2) is 7.25. The summed E-state index contributed by atoms with van der Waals surface area (Å²) in [6, 6.07) is 5.98. The van der Waals surface area contributed by atoms with E-state index in [9.17, 15) is 18.0 Å². The van der Waals surface area contributed by atoms with E-state index < -0.39 is 15.4 Å². The van der Waals surface area contributed by atoms with Gasteiger partial charge in [0.05, 0.1) is 4.90 Å². The van der Waals surface area contributed by atoms with Crippen molar-refractivity contribution in [1.29, 1.82) is 0 Å². The summed E-state index contributed by atoms with van der Waals surface area (Å²) in [7, 11) is -3.61. The molecule has 1 aliphatic heterocycles. The summed E-state index contributed by atoms with van der Waals surface area (Å²) in [5.41, 5.74) is 0.0555. The number of rotatable bonds is 5. The molecular formula is C18H26N2O4S. The average molecular weight is 366 g/mol. The molecule has 0 radical (unpaired) electrons. The Morgan fingerprint density at radius 3 is 2.00 bits per heavy atom. The van der Waals surface area contributed by atoms with E-state index in [1.165, 1.54) is 35.5 Å². The number of carbonyl (C=O) groups is 2. The van der Waals surface area contributed by atoms with Gasteiger partial charge in [-0.3, -0.25) is 9.59 Å². The lowest BCUT2D eigenvalue weighted by Crippen LogP contribution is -2.53. The maximum Gasteiger partial charge on any atom is 0.243 e. The first-order chi connectivity index (χ1) is 11.6. The van der Waals surface area contributed by atoms with Gasteiger partial charge in [0.2, 0.25) is 15.9 Å². The Kier molecular flexibility index (Phi) is 5.68. The molecule has 7 heteroatoms. The van der Waals surface area contributed by atoms with Crippen LogP contribution in [0.5, 0.6) is 0 Å². The Hall–Kier alpha value is -1.73. The average Bonchev–Trinajstić information content (AvgIpc) is 2.61. The number of benzene rings is 1. The highest BCUT2D eigenvalue weighted by atomic mass is 32.2. The molecule has 138 valence electrons. The molecule has 1 heterocycles. The van der Waals surface area contributed by atoms with Crippen molar-refractivity contribution in [2.75, 3.05) is 26.2 Å². The van der Waals surface area contributed by atoms with Gasteiger partial charge in [-0.2, -0.15) is 4.31 Å². The number of ketones is 1. The molecule has 6 nitrogen and oxygen atoms in total. The third-order valence-electron chi connectivity index (χ3n) is 4.89. The number of sulfonamides is 1. The Labute approximate surface area is 149 Å². The molecule has 25 heavy (non-hydrogen) atoms. The largest absolute Gasteiger partial charge is 0.340 e. The number of Topliss-reactive ketones (excluding diaryl/α,β-unsaturated/α-hetero) is 1. The van der Waals surface area contributed by atoms with Gasteiger partial charge in [0.1, 0.15) is 0 Å². The maximum absolute atomic E-state index is 12.7. The van der Waals surface area contributed by atoms with Crippen LogP contribution >= 0.6 is 0 Å². The Balaban J connectivity index is 2.09. The molecule has 2 rings (SSSR count). The first-order valence-electron chi connectivity index (χ1n) is 8.50. The number of nitrogens with zero attached hydrogens (tertiary/aromatic N) is 2. The summed E-state index contributed by atoms with van der Waals surface area (Å²) in [6.07, 6.45) is 0.743. The summed E-state index contributed by atoms with van der Waals surface area (Å²) >= 11 is 0. The number of hydrogen-bond donors (Lipinski definition) is 0. The van der Waals surface area contributed by atoms with Gasteiger partial charge in [-0.15, -0.1) is 0 Å². The zero-order chi connectivity index (χ0) is 18.8. The summed E-state index contributed by atoms with van der Waals surface area (Å²) in [5.74, 6) is -0.0347. The number of piperazine rings is 1. The molecule has 0 unspecified atom stereocenters. The van der Waals surface area contributed by atoms with Crippen LogP contribution in [0.3, 0.4) is 0 Å². The van der Waals surface area contributed by atoms with Crippen LogP contribution in [0.4, 0.5) is 0 Å². The molecule has 0 atom stereocenters. The van der Waals surface area contributed by atoms with E-state index in [1.54, 1.807) is 4.90 Å². The minimum Gasteiger partial charge on any atom is -0.340 e. The van der Waals surface area contributed by atoms with Crippen molar-refractivity contribution in [3.8, 4) is 0 Å². The van der Waals surface area contributed by atoms with Gasteiger partial charge in [-0.25, -0.2) is 8.42 Å². The van der Waals surface area contributed by atoms with Crippen molar-refractivity contribution in [3.63, 3.8) is 0 Å². The molecule has 0 aliphatic carbocycles. The van der Waals surface area contributed by atoms with Crippen molar-refractivity contribution in [3.05, 3.63) is 29.8 Å². The van der Waals surface area contributed by atoms with Crippen LogP contribution in [0.2, 0.25) is 0 Å². The predicted molar refractivity (Wildman–Crippen MR) is 95.9 cm³/mol. The molecule has 1 aromatic rings. The fourth-order valence-electron chi connectivity index (χ4n) is 2.72. The minimum absolute atomic E-state index is 0.0675. The second-order valence-electron chi connectivity index (χ2n) is 7.01. The molecule has 1 amide bonds. The van der Waals surface area contributed by atoms with Crippen molar-refractivity contribution in [1.82, 2.24) is 9.21 Å². The predicted octanol–water partition coefficient (Wildman–Crippen LogP) is 2.16. The van der Waals surface area contributed by atoms with E-state index in [0.29, 0.717) is 18.7 Å². The first kappa shape index (κ1) is 19.6. The SMILES string of the molecule is CCC(C)(C)C(=O)N1CCN(S(=O)(=O)c2ccc(C(C)=O)cc2)CC1. The van der Waals surface area contributed by atoms with Crippen molar-refractivity contribution in [2.45, 2.75) is 39.0 Å². The van der Waals surface area contributed by atoms with Crippen LogP contribution in [-0.4, -0.2) is 55.5 Å². The molecule has 1 aliphatic rings. The molecule has 0 spiro atoms. The molecule has 1 fully saturated rings. The van der Waals surface area contributed by atoms with Gasteiger partial charge in [0.15, 0.2) is 5.78 Å². The van der Waals surface area contributed by atoms with Crippen molar-refractivity contribution in [2.24, 2.45) is 5.41 Å². The zero-order valence-corrected chi connectivity index (χ0v) is 16.1. The third kappa shape index (κ3) is 4.10.